The van der Waals surface area contributed by atoms with Gasteiger partial charge < -0.3 is 28.5 Å². The van der Waals surface area contributed by atoms with E-state index in [0.29, 0.717) is 31.6 Å². The highest BCUT2D eigenvalue weighted by Crippen LogP contribution is 2.39. The van der Waals surface area contributed by atoms with Gasteiger partial charge in [0.15, 0.2) is 0 Å². The third-order valence-electron chi connectivity index (χ3n) is 11.4. The standard InChI is InChI=1S/C29H40N2O4Si.C16H19ClSi.C13H22N2O4/c1-27(2,3)35-26(32)31-20-19-25(30-31)33-21-29(7,8)22-34-36(28(4,5)6,23-15-11-9-12-16-23)24-17-13-10-14-18-24;1-16(2,3)18(17,14-10-6-4-7-11-14)15-12-8-5-9-13-15;1-12(2,3)19-11(17)15-7-6-10(14-15)18-9-13(4,5)8-16/h9-20H,21-22H2,1-8H3;4-13H,1-3H3;6-7,16H,8-9H2,1-5H3. The lowest BCUT2D eigenvalue weighted by atomic mass is 9.97. The molecule has 0 fully saturated rings. The van der Waals surface area contributed by atoms with Gasteiger partial charge in [-0.1, -0.05) is 191 Å². The number of carbonyl (C=O) groups excluding carboxylic acids is 2. The van der Waals surface area contributed by atoms with E-state index in [9.17, 15) is 9.59 Å². The third-order valence-corrected chi connectivity index (χ3v) is 23.7. The van der Waals surface area contributed by atoms with Crippen LogP contribution in [0.1, 0.15) is 111 Å². The summed E-state index contributed by atoms with van der Waals surface area (Å²) in [6.45, 7) is 33.6. The summed E-state index contributed by atoms with van der Waals surface area (Å²) in [5.74, 6) is 0.701. The summed E-state index contributed by atoms with van der Waals surface area (Å²) in [5, 5.41) is 22.3. The second-order valence-corrected chi connectivity index (χ2v) is 33.8. The lowest BCUT2D eigenvalue weighted by Gasteiger charge is -2.44. The maximum atomic E-state index is 12.3. The van der Waals surface area contributed by atoms with Gasteiger partial charge in [-0.15, -0.1) is 10.2 Å². The molecule has 0 bridgehead atoms. The molecule has 73 heavy (non-hydrogen) atoms. The highest BCUT2D eigenvalue weighted by Gasteiger charge is 2.51. The van der Waals surface area contributed by atoms with E-state index in [4.69, 9.17) is 39.6 Å². The summed E-state index contributed by atoms with van der Waals surface area (Å²) in [4.78, 5) is 24.0. The van der Waals surface area contributed by atoms with Crippen molar-refractivity contribution in [1.82, 2.24) is 19.6 Å². The van der Waals surface area contributed by atoms with Gasteiger partial charge in [0.1, 0.15) is 11.2 Å². The molecule has 0 unspecified atom stereocenters. The number of nitrogens with zero attached hydrogens (tertiary/aromatic N) is 4. The van der Waals surface area contributed by atoms with Gasteiger partial charge in [0, 0.05) is 42.0 Å². The fraction of sp³-hybridized carbons (Fsp3) is 0.448. The zero-order valence-corrected chi connectivity index (χ0v) is 48.9. The zero-order valence-electron chi connectivity index (χ0n) is 46.2. The van der Waals surface area contributed by atoms with E-state index in [2.05, 4.69) is 163 Å². The molecule has 4 aromatic carbocycles. The van der Waals surface area contributed by atoms with Crippen LogP contribution in [0, 0.1) is 10.8 Å². The Morgan fingerprint density at radius 1 is 0.479 bits per heavy atom. The van der Waals surface area contributed by atoms with Crippen LogP contribution in [0.15, 0.2) is 146 Å². The molecular weight excluding hydrogens is 972 g/mol. The minimum Gasteiger partial charge on any atom is -0.476 e. The first-order chi connectivity index (χ1) is 33.8. The Morgan fingerprint density at radius 2 is 0.808 bits per heavy atom. The molecule has 6 rings (SSSR count). The fourth-order valence-electron chi connectivity index (χ4n) is 7.65. The molecule has 396 valence electrons. The smallest absolute Gasteiger partial charge is 0.435 e. The Labute approximate surface area is 442 Å². The first-order valence-electron chi connectivity index (χ1n) is 24.8. The Hall–Kier alpha value is -5.52. The van der Waals surface area contributed by atoms with Crippen LogP contribution in [0.2, 0.25) is 10.1 Å². The number of hydrogen-bond donors (Lipinski definition) is 1. The van der Waals surface area contributed by atoms with Crippen molar-refractivity contribution in [2.24, 2.45) is 10.8 Å². The van der Waals surface area contributed by atoms with Crippen LogP contribution in [-0.2, 0) is 13.9 Å². The molecule has 12 nitrogen and oxygen atoms in total. The Morgan fingerprint density at radius 3 is 1.11 bits per heavy atom. The van der Waals surface area contributed by atoms with Crippen LogP contribution in [0.5, 0.6) is 11.8 Å². The molecule has 2 aromatic heterocycles. The van der Waals surface area contributed by atoms with Crippen molar-refractivity contribution in [3.8, 4) is 11.8 Å². The number of aliphatic hydroxyl groups excluding tert-OH is 1. The van der Waals surface area contributed by atoms with Crippen LogP contribution < -0.4 is 30.2 Å². The predicted octanol–water partition coefficient (Wildman–Crippen LogP) is 11.5. The second-order valence-electron chi connectivity index (χ2n) is 23.8. The second kappa shape index (κ2) is 24.7. The van der Waals surface area contributed by atoms with Crippen molar-refractivity contribution in [2.75, 3.05) is 26.4 Å². The van der Waals surface area contributed by atoms with Crippen molar-refractivity contribution in [3.05, 3.63) is 146 Å². The quantitative estimate of drug-likeness (QED) is 0.0829. The van der Waals surface area contributed by atoms with Crippen molar-refractivity contribution >= 4 is 59.7 Å². The fourth-order valence-corrected chi connectivity index (χ4v) is 16.5. The van der Waals surface area contributed by atoms with Gasteiger partial charge in [0.2, 0.25) is 19.1 Å². The van der Waals surface area contributed by atoms with Crippen molar-refractivity contribution in [3.63, 3.8) is 0 Å². The van der Waals surface area contributed by atoms with E-state index in [-0.39, 0.29) is 27.5 Å². The number of carbonyl (C=O) groups is 2. The highest BCUT2D eigenvalue weighted by atomic mass is 35.6. The summed E-state index contributed by atoms with van der Waals surface area (Å²) in [5.41, 5.74) is -1.81. The molecule has 6 aromatic rings. The predicted molar refractivity (Wildman–Crippen MR) is 300 cm³/mol. The SMILES string of the molecule is CC(C)(C)[Si](Cl)(c1ccccc1)c1ccccc1.CC(C)(CO)COc1ccn(C(=O)OC(C)(C)C)n1.CC(C)(COc1ccn(C(=O)OC(C)(C)C)n1)CO[Si](c1ccccc1)(c1ccccc1)C(C)(C)C. The van der Waals surface area contributed by atoms with Crippen molar-refractivity contribution in [1.29, 1.82) is 0 Å². The summed E-state index contributed by atoms with van der Waals surface area (Å²) < 4.78 is 31.3. The van der Waals surface area contributed by atoms with E-state index in [1.165, 1.54) is 26.9 Å². The molecule has 0 aliphatic heterocycles. The van der Waals surface area contributed by atoms with E-state index < -0.39 is 39.1 Å². The largest absolute Gasteiger partial charge is 0.476 e. The van der Waals surface area contributed by atoms with Crippen LogP contribution in [0.4, 0.5) is 9.59 Å². The molecule has 0 saturated carbocycles. The van der Waals surface area contributed by atoms with Gasteiger partial charge >= 0.3 is 12.2 Å². The number of hydrogen-bond acceptors (Lipinski definition) is 10. The minimum atomic E-state index is -2.64. The lowest BCUT2D eigenvalue weighted by Crippen LogP contribution is -2.67. The van der Waals surface area contributed by atoms with Crippen molar-refractivity contribution < 1.29 is 38.1 Å². The number of aromatic nitrogens is 4. The Balaban J connectivity index is 0.000000262. The summed E-state index contributed by atoms with van der Waals surface area (Å²) in [6.07, 6.45) is 1.94. The van der Waals surface area contributed by atoms with Crippen LogP contribution in [0.25, 0.3) is 0 Å². The first kappa shape index (κ1) is 60.0. The lowest BCUT2D eigenvalue weighted by molar-refractivity contribution is 0.0498. The maximum Gasteiger partial charge on any atom is 0.435 e. The number of ether oxygens (including phenoxy) is 4. The van der Waals surface area contributed by atoms with E-state index >= 15 is 0 Å². The van der Waals surface area contributed by atoms with Gasteiger partial charge in [-0.25, -0.2) is 9.59 Å². The molecule has 0 amide bonds. The van der Waals surface area contributed by atoms with E-state index in [1.54, 1.807) is 39.1 Å². The summed E-state index contributed by atoms with van der Waals surface area (Å²) in [6, 6.07) is 45.5. The van der Waals surface area contributed by atoms with Crippen LogP contribution in [-0.4, -0.2) is 90.2 Å². The molecule has 0 aliphatic rings. The maximum absolute atomic E-state index is 12.3. The number of halogens is 1. The molecule has 2 heterocycles. The van der Waals surface area contributed by atoms with Gasteiger partial charge in [0.25, 0.3) is 8.32 Å². The average molecular weight is 1050 g/mol. The van der Waals surface area contributed by atoms with Gasteiger partial charge in [0.05, 0.1) is 19.8 Å². The van der Waals surface area contributed by atoms with Gasteiger partial charge in [-0.2, -0.15) is 20.4 Å². The monoisotopic (exact) mass is 1050 g/mol. The molecule has 1 N–H and O–H groups in total. The molecule has 0 radical (unpaired) electrons. The molecule has 15 heteroatoms. The van der Waals surface area contributed by atoms with Crippen molar-refractivity contribution in [2.45, 2.75) is 132 Å². The van der Waals surface area contributed by atoms with E-state index in [1.807, 2.05) is 58.9 Å². The van der Waals surface area contributed by atoms with E-state index in [0.717, 1.165) is 9.36 Å². The minimum absolute atomic E-state index is 0.0137. The topological polar surface area (TPSA) is 136 Å². The van der Waals surface area contributed by atoms with Crippen LogP contribution >= 0.6 is 11.1 Å². The Bertz CT molecular complexity index is 2540. The highest BCUT2D eigenvalue weighted by molar-refractivity contribution is 7.35. The normalized spacial score (nSPS) is 12.6. The number of benzene rings is 4. The number of rotatable bonds is 14. The third kappa shape index (κ3) is 17.3. The molecule has 0 aliphatic carbocycles. The Kier molecular flexibility index (Phi) is 20.3. The molecule has 0 atom stereocenters. The van der Waals surface area contributed by atoms with Gasteiger partial charge in [-0.3, -0.25) is 0 Å². The first-order valence-corrected chi connectivity index (χ1v) is 29.7. The summed E-state index contributed by atoms with van der Waals surface area (Å²) in [7, 11) is -4.87. The molecule has 0 spiro atoms. The molecule has 0 saturated heterocycles. The number of aliphatic hydroxyl groups is 1. The molecular formula is C58H81ClN4O8Si2. The average Bonchev–Trinajstić information content (AvgIpc) is 4.01. The summed E-state index contributed by atoms with van der Waals surface area (Å²) >= 11 is 7.21. The zero-order chi connectivity index (χ0) is 54.5. The van der Waals surface area contributed by atoms with Gasteiger partial charge in [-0.05, 0) is 72.4 Å². The van der Waals surface area contributed by atoms with Crippen LogP contribution in [0.3, 0.4) is 0 Å².